The van der Waals surface area contributed by atoms with Gasteiger partial charge in [-0.3, -0.25) is 4.79 Å². The highest BCUT2D eigenvalue weighted by Gasteiger charge is 2.33. The zero-order chi connectivity index (χ0) is 29.5. The molecule has 5 rings (SSSR count). The molecule has 1 aliphatic carbocycles. The Morgan fingerprint density at radius 1 is 0.952 bits per heavy atom. The fourth-order valence-electron chi connectivity index (χ4n) is 5.65. The van der Waals surface area contributed by atoms with E-state index in [1.165, 1.54) is 4.90 Å². The average Bonchev–Trinajstić information content (AvgIpc) is 3.33. The number of hydrogen-bond donors (Lipinski definition) is 0. The van der Waals surface area contributed by atoms with E-state index in [2.05, 4.69) is 0 Å². The molecule has 3 aromatic rings. The van der Waals surface area contributed by atoms with Crippen LogP contribution in [0.4, 0.5) is 9.18 Å². The van der Waals surface area contributed by atoms with E-state index < -0.39 is 6.09 Å². The molecule has 2 aliphatic rings. The number of amides is 2. The minimum Gasteiger partial charge on any atom is -0.493 e. The van der Waals surface area contributed by atoms with Crippen LogP contribution in [0.25, 0.3) is 0 Å². The van der Waals surface area contributed by atoms with Crippen molar-refractivity contribution in [1.29, 1.82) is 0 Å². The third kappa shape index (κ3) is 7.41. The molecule has 3 aromatic carbocycles. The predicted molar refractivity (Wildman–Crippen MR) is 158 cm³/mol. The number of halogens is 1. The average molecular weight is 575 g/mol. The van der Waals surface area contributed by atoms with E-state index >= 15 is 0 Å². The number of likely N-dealkylation sites (N-methyl/N-ethyl adjacent to an activating group) is 1. The number of carbonyl (C=O) groups is 2. The first-order valence-electron chi connectivity index (χ1n) is 14.7. The van der Waals surface area contributed by atoms with Gasteiger partial charge in [0.25, 0.3) is 5.91 Å². The summed E-state index contributed by atoms with van der Waals surface area (Å²) in [6.07, 6.45) is 3.74. The van der Waals surface area contributed by atoms with Crippen molar-refractivity contribution in [3.8, 4) is 11.5 Å². The van der Waals surface area contributed by atoms with Gasteiger partial charge in [0.1, 0.15) is 30.5 Å². The maximum absolute atomic E-state index is 14.5. The molecule has 0 N–H and O–H groups in total. The fraction of sp³-hybridized carbons (Fsp3) is 0.412. The molecule has 8 heteroatoms. The van der Waals surface area contributed by atoms with Gasteiger partial charge in [-0.25, -0.2) is 9.18 Å². The fourth-order valence-corrected chi connectivity index (χ4v) is 5.65. The molecule has 42 heavy (non-hydrogen) atoms. The largest absolute Gasteiger partial charge is 0.493 e. The second-order valence-electron chi connectivity index (χ2n) is 11.4. The SMILES string of the molecule is Cc1ccc2c(c1F)C(=O)N(CC1CCC(COc3cccc(OCCN(C)C(=O)OCc4ccccc4)c3)CC1)C2. The van der Waals surface area contributed by atoms with Gasteiger partial charge in [-0.15, -0.1) is 0 Å². The summed E-state index contributed by atoms with van der Waals surface area (Å²) in [7, 11) is 1.69. The van der Waals surface area contributed by atoms with Crippen molar-refractivity contribution >= 4 is 12.0 Å². The van der Waals surface area contributed by atoms with E-state index in [-0.39, 0.29) is 23.9 Å². The highest BCUT2D eigenvalue weighted by atomic mass is 19.1. The molecule has 0 radical (unpaired) electrons. The van der Waals surface area contributed by atoms with Crippen molar-refractivity contribution in [3.05, 3.63) is 94.8 Å². The summed E-state index contributed by atoms with van der Waals surface area (Å²) >= 11 is 0. The van der Waals surface area contributed by atoms with Gasteiger partial charge in [0.2, 0.25) is 0 Å². The molecule has 0 saturated heterocycles. The summed E-state index contributed by atoms with van der Waals surface area (Å²) in [4.78, 5) is 28.4. The lowest BCUT2D eigenvalue weighted by Crippen LogP contribution is -2.32. The summed E-state index contributed by atoms with van der Waals surface area (Å²) in [5.41, 5.74) is 2.52. The van der Waals surface area contributed by atoms with Crippen LogP contribution in [0, 0.1) is 24.6 Å². The van der Waals surface area contributed by atoms with Gasteiger partial charge in [0, 0.05) is 26.2 Å². The van der Waals surface area contributed by atoms with E-state index in [1.54, 1.807) is 20.0 Å². The third-order valence-corrected chi connectivity index (χ3v) is 8.23. The Morgan fingerprint density at radius 2 is 1.67 bits per heavy atom. The van der Waals surface area contributed by atoms with Gasteiger partial charge in [-0.1, -0.05) is 48.5 Å². The van der Waals surface area contributed by atoms with Gasteiger partial charge in [0.05, 0.1) is 18.7 Å². The topological polar surface area (TPSA) is 68.3 Å². The lowest BCUT2D eigenvalue weighted by molar-refractivity contribution is 0.0717. The molecule has 0 atom stereocenters. The van der Waals surface area contributed by atoms with Gasteiger partial charge in [0.15, 0.2) is 0 Å². The summed E-state index contributed by atoms with van der Waals surface area (Å²) < 4.78 is 31.8. The summed E-state index contributed by atoms with van der Waals surface area (Å²) in [6.45, 7) is 4.48. The van der Waals surface area contributed by atoms with Crippen molar-refractivity contribution in [2.75, 3.05) is 33.4 Å². The summed E-state index contributed by atoms with van der Waals surface area (Å²) in [6, 6.07) is 20.8. The van der Waals surface area contributed by atoms with Crippen LogP contribution in [0.1, 0.15) is 52.7 Å². The zero-order valence-corrected chi connectivity index (χ0v) is 24.4. The number of rotatable bonds is 11. The molecular weight excluding hydrogens is 535 g/mol. The molecule has 0 spiro atoms. The number of aryl methyl sites for hydroxylation is 1. The van der Waals surface area contributed by atoms with E-state index in [0.717, 1.165) is 42.6 Å². The van der Waals surface area contributed by atoms with Gasteiger partial charge < -0.3 is 24.0 Å². The number of hydrogen-bond acceptors (Lipinski definition) is 5. The lowest BCUT2D eigenvalue weighted by Gasteiger charge is -2.31. The Labute approximate surface area is 247 Å². The third-order valence-electron chi connectivity index (χ3n) is 8.23. The van der Waals surface area contributed by atoms with Crippen molar-refractivity contribution in [2.45, 2.75) is 45.8 Å². The monoisotopic (exact) mass is 574 g/mol. The Morgan fingerprint density at radius 3 is 2.43 bits per heavy atom. The van der Waals surface area contributed by atoms with E-state index in [4.69, 9.17) is 14.2 Å². The minimum atomic E-state index is -0.393. The van der Waals surface area contributed by atoms with Crippen LogP contribution in [0.15, 0.2) is 66.7 Å². The number of nitrogens with zero attached hydrogens (tertiary/aromatic N) is 2. The summed E-state index contributed by atoms with van der Waals surface area (Å²) in [5, 5.41) is 0. The van der Waals surface area contributed by atoms with Crippen molar-refractivity contribution in [1.82, 2.24) is 9.80 Å². The Kier molecular flexibility index (Phi) is 9.62. The predicted octanol–water partition coefficient (Wildman–Crippen LogP) is 6.62. The normalized spacial score (nSPS) is 18.0. The molecular formula is C34H39FN2O5. The standard InChI is InChI=1S/C34H39FN2O5/c1-24-11-16-28-21-37(33(38)31(28)32(24)35)20-25-12-14-27(15-13-25)22-41-30-10-6-9-29(19-30)40-18-17-36(2)34(39)42-23-26-7-4-3-5-8-26/h3-11,16,19,25,27H,12-15,17-18,20-23H2,1-2H3. The quantitative estimate of drug-likeness (QED) is 0.257. The van der Waals surface area contributed by atoms with Crippen LogP contribution in [0.3, 0.4) is 0 Å². The highest BCUT2D eigenvalue weighted by molar-refractivity contribution is 5.98. The maximum Gasteiger partial charge on any atom is 0.409 e. The molecule has 0 bridgehead atoms. The second kappa shape index (κ2) is 13.7. The summed E-state index contributed by atoms with van der Waals surface area (Å²) in [5.74, 6) is 1.77. The molecule has 0 aromatic heterocycles. The number of ether oxygens (including phenoxy) is 3. The van der Waals surface area contributed by atoms with Crippen LogP contribution >= 0.6 is 0 Å². The van der Waals surface area contributed by atoms with Crippen LogP contribution in [0.2, 0.25) is 0 Å². The smallest absolute Gasteiger partial charge is 0.409 e. The number of fused-ring (bicyclic) bond motifs is 1. The van der Waals surface area contributed by atoms with Gasteiger partial charge in [-0.05, 0) is 73.3 Å². The Hall–Kier alpha value is -4.07. The molecule has 1 heterocycles. The van der Waals surface area contributed by atoms with Gasteiger partial charge >= 0.3 is 6.09 Å². The maximum atomic E-state index is 14.5. The lowest BCUT2D eigenvalue weighted by atomic mass is 9.82. The van der Waals surface area contributed by atoms with Crippen LogP contribution in [-0.4, -0.2) is 55.2 Å². The molecule has 1 fully saturated rings. The van der Waals surface area contributed by atoms with E-state index in [1.807, 2.05) is 65.6 Å². The van der Waals surface area contributed by atoms with Crippen molar-refractivity contribution in [2.24, 2.45) is 11.8 Å². The zero-order valence-electron chi connectivity index (χ0n) is 24.4. The molecule has 0 unspecified atom stereocenters. The molecule has 1 aliphatic heterocycles. The highest BCUT2D eigenvalue weighted by Crippen LogP contribution is 2.33. The van der Waals surface area contributed by atoms with Crippen LogP contribution in [-0.2, 0) is 17.9 Å². The first kappa shape index (κ1) is 29.4. The Bertz CT molecular complexity index is 1370. The second-order valence-corrected chi connectivity index (χ2v) is 11.4. The van der Waals surface area contributed by atoms with E-state index in [0.29, 0.717) is 56.0 Å². The minimum absolute atomic E-state index is 0.173. The Balaban J connectivity index is 0.995. The number of carbonyl (C=O) groups excluding carboxylic acids is 2. The molecule has 1 saturated carbocycles. The molecule has 222 valence electrons. The first-order chi connectivity index (χ1) is 20.4. The van der Waals surface area contributed by atoms with Crippen LogP contribution < -0.4 is 9.47 Å². The van der Waals surface area contributed by atoms with Crippen molar-refractivity contribution < 1.29 is 28.2 Å². The van der Waals surface area contributed by atoms with Crippen LogP contribution in [0.5, 0.6) is 11.5 Å². The molecule has 7 nitrogen and oxygen atoms in total. The number of benzene rings is 3. The van der Waals surface area contributed by atoms with Gasteiger partial charge in [-0.2, -0.15) is 0 Å². The first-order valence-corrected chi connectivity index (χ1v) is 14.7. The molecule has 2 amide bonds. The van der Waals surface area contributed by atoms with E-state index in [9.17, 15) is 14.0 Å². The van der Waals surface area contributed by atoms with Crippen molar-refractivity contribution in [3.63, 3.8) is 0 Å².